The zero-order valence-electron chi connectivity index (χ0n) is 22.0. The van der Waals surface area contributed by atoms with Gasteiger partial charge in [0.2, 0.25) is 31.9 Å². The van der Waals surface area contributed by atoms with E-state index in [-0.39, 0.29) is 11.8 Å². The molecule has 0 spiro atoms. The van der Waals surface area contributed by atoms with E-state index >= 15 is 0 Å². The van der Waals surface area contributed by atoms with Gasteiger partial charge in [-0.05, 0) is 27.7 Å². The molecule has 0 radical (unpaired) electrons. The zero-order valence-corrected chi connectivity index (χ0v) is 23.6. The lowest BCUT2D eigenvalue weighted by Crippen LogP contribution is -2.45. The Labute approximate surface area is 211 Å². The third-order valence-electron chi connectivity index (χ3n) is 2.03. The Morgan fingerprint density at radius 3 is 1.22 bits per heavy atom. The highest BCUT2D eigenvalue weighted by atomic mass is 32.2. The van der Waals surface area contributed by atoms with Crippen LogP contribution in [0.15, 0.2) is 10.2 Å². The first-order chi connectivity index (χ1) is 16.2. The summed E-state index contributed by atoms with van der Waals surface area (Å²) in [7, 11) is -3.68. The molecular weight excluding hydrogens is 524 g/mol. The number of carbonyl (C=O) groups is 4. The fourth-order valence-electron chi connectivity index (χ4n) is 0.774. The Kier molecular flexibility index (Phi) is 24.2. The minimum Gasteiger partial charge on any atom is -0.340 e. The molecular formula is C16H38N10O8S2. The van der Waals surface area contributed by atoms with Crippen LogP contribution in [0.25, 0.3) is 0 Å². The van der Waals surface area contributed by atoms with Crippen molar-refractivity contribution in [1.82, 2.24) is 42.0 Å². The van der Waals surface area contributed by atoms with Gasteiger partial charge in [-0.25, -0.2) is 42.1 Å². The number of hydrogen-bond acceptors (Lipinski definition) is 10. The van der Waals surface area contributed by atoms with Crippen LogP contribution >= 0.6 is 0 Å². The predicted octanol–water partition coefficient (Wildman–Crippen LogP) is -2.20. The van der Waals surface area contributed by atoms with Crippen molar-refractivity contribution in [3.05, 3.63) is 0 Å². The Morgan fingerprint density at radius 2 is 1.00 bits per heavy atom. The van der Waals surface area contributed by atoms with Crippen LogP contribution in [0.1, 0.15) is 41.5 Å². The third kappa shape index (κ3) is 52.4. The predicted molar refractivity (Wildman–Crippen MR) is 136 cm³/mol. The molecule has 0 saturated heterocycles. The summed E-state index contributed by atoms with van der Waals surface area (Å²) in [6.07, 6.45) is 1.99. The van der Waals surface area contributed by atoms with Gasteiger partial charge in [-0.1, -0.05) is 0 Å². The molecule has 0 atom stereocenters. The van der Waals surface area contributed by atoms with E-state index in [4.69, 9.17) is 0 Å². The second-order valence-electron chi connectivity index (χ2n) is 6.61. The highest BCUT2D eigenvalue weighted by Crippen LogP contribution is 1.75. The van der Waals surface area contributed by atoms with Crippen molar-refractivity contribution < 1.29 is 36.0 Å². The number of nitrogens with zero attached hydrogens (tertiary/aromatic N) is 2. The van der Waals surface area contributed by atoms with Gasteiger partial charge in [0, 0.05) is 39.4 Å². The topological polar surface area (TPSA) is 258 Å². The first-order valence-corrected chi connectivity index (χ1v) is 13.4. The SMILES string of the molecule is CC(=O)NN=C(C)C.CC(C)=NNS(C)(=O)=O.CNC(=O)NNC(C)=O.CNC(=O)NNS(C)(=O)=O. The number of urea groups is 2. The van der Waals surface area contributed by atoms with E-state index in [2.05, 4.69) is 37.1 Å². The normalized spacial score (nSPS) is 9.28. The van der Waals surface area contributed by atoms with Crippen molar-refractivity contribution in [2.45, 2.75) is 41.5 Å². The zero-order chi connectivity index (χ0) is 29.5. The van der Waals surface area contributed by atoms with Crippen LogP contribution in [0, 0.1) is 0 Å². The van der Waals surface area contributed by atoms with Gasteiger partial charge in [-0.2, -0.15) is 10.2 Å². The molecule has 0 unspecified atom stereocenters. The Bertz CT molecular complexity index is 955. The molecule has 0 saturated carbocycles. The molecule has 8 N–H and O–H groups in total. The van der Waals surface area contributed by atoms with Crippen molar-refractivity contribution in [1.29, 1.82) is 0 Å². The molecule has 20 heteroatoms. The summed E-state index contributed by atoms with van der Waals surface area (Å²) in [5, 5.41) is 11.5. The van der Waals surface area contributed by atoms with Crippen molar-refractivity contribution in [2.24, 2.45) is 10.2 Å². The number of amides is 6. The smallest absolute Gasteiger partial charge is 0.333 e. The van der Waals surface area contributed by atoms with Gasteiger partial charge in [-0.3, -0.25) is 20.4 Å². The molecule has 0 aliphatic rings. The number of hydrazine groups is 2. The van der Waals surface area contributed by atoms with Crippen LogP contribution in [0.2, 0.25) is 0 Å². The summed E-state index contributed by atoms with van der Waals surface area (Å²) >= 11 is 0. The highest BCUT2D eigenvalue weighted by Gasteiger charge is 2.00. The molecule has 0 aromatic heterocycles. The number of hydrazone groups is 2. The minimum absolute atomic E-state index is 0.133. The second-order valence-corrected chi connectivity index (χ2v) is 10.1. The fraction of sp³-hybridized carbons (Fsp3) is 0.625. The maximum absolute atomic E-state index is 10.3. The van der Waals surface area contributed by atoms with Gasteiger partial charge in [0.05, 0.1) is 12.5 Å². The molecule has 0 heterocycles. The van der Waals surface area contributed by atoms with Gasteiger partial charge in [-0.15, -0.1) is 4.83 Å². The van der Waals surface area contributed by atoms with Crippen LogP contribution in [-0.2, 0) is 29.6 Å². The molecule has 0 bridgehead atoms. The summed E-state index contributed by atoms with van der Waals surface area (Å²) < 4.78 is 41.2. The quantitative estimate of drug-likeness (QED) is 0.134. The van der Waals surface area contributed by atoms with Gasteiger partial charge >= 0.3 is 12.1 Å². The summed E-state index contributed by atoms with van der Waals surface area (Å²) in [5.74, 6) is -0.440. The lowest BCUT2D eigenvalue weighted by Gasteiger charge is -2.02. The van der Waals surface area contributed by atoms with E-state index in [1.54, 1.807) is 18.7 Å². The molecule has 18 nitrogen and oxygen atoms in total. The van der Waals surface area contributed by atoms with E-state index in [1.807, 2.05) is 24.1 Å². The molecule has 0 aromatic rings. The summed E-state index contributed by atoms with van der Waals surface area (Å²) in [4.78, 5) is 44.6. The average molecular weight is 563 g/mol. The van der Waals surface area contributed by atoms with Gasteiger partial charge in [0.25, 0.3) is 0 Å². The van der Waals surface area contributed by atoms with Gasteiger partial charge in [0.15, 0.2) is 0 Å². The number of rotatable bonds is 5. The number of sulfonamides is 2. The maximum Gasteiger partial charge on any atom is 0.333 e. The lowest BCUT2D eigenvalue weighted by molar-refractivity contribution is -0.120. The van der Waals surface area contributed by atoms with E-state index in [9.17, 15) is 36.0 Å². The molecule has 36 heavy (non-hydrogen) atoms. The van der Waals surface area contributed by atoms with Crippen LogP contribution in [0.4, 0.5) is 9.59 Å². The Hall–Kier alpha value is -3.52. The molecule has 0 fully saturated rings. The van der Waals surface area contributed by atoms with E-state index in [0.717, 1.165) is 18.2 Å². The summed E-state index contributed by atoms with van der Waals surface area (Å²) in [6.45, 7) is 9.77. The van der Waals surface area contributed by atoms with Crippen molar-refractivity contribution >= 4 is 55.3 Å². The van der Waals surface area contributed by atoms with Crippen molar-refractivity contribution in [2.75, 3.05) is 26.6 Å². The molecule has 0 aromatic carbocycles. The van der Waals surface area contributed by atoms with Crippen LogP contribution in [-0.4, -0.2) is 78.7 Å². The lowest BCUT2D eigenvalue weighted by atomic mass is 10.5. The third-order valence-corrected chi connectivity index (χ3v) is 2.92. The molecule has 212 valence electrons. The van der Waals surface area contributed by atoms with Gasteiger partial charge in [0.1, 0.15) is 0 Å². The van der Waals surface area contributed by atoms with Crippen LogP contribution in [0.5, 0.6) is 0 Å². The number of nitrogens with one attached hydrogen (secondary N) is 8. The Balaban J connectivity index is -0.000000190. The number of carbonyl (C=O) groups excluding carboxylic acids is 4. The van der Waals surface area contributed by atoms with Gasteiger partial charge < -0.3 is 10.6 Å². The Morgan fingerprint density at radius 1 is 0.583 bits per heavy atom. The van der Waals surface area contributed by atoms with Crippen LogP contribution in [0.3, 0.4) is 0 Å². The first kappa shape index (κ1) is 39.7. The maximum atomic E-state index is 10.3. The molecule has 0 aliphatic heterocycles. The largest absolute Gasteiger partial charge is 0.340 e. The first-order valence-electron chi connectivity index (χ1n) is 9.60. The molecule has 6 amide bonds. The second kappa shape index (κ2) is 22.0. The highest BCUT2D eigenvalue weighted by molar-refractivity contribution is 7.88. The van der Waals surface area contributed by atoms with E-state index in [1.165, 1.54) is 27.9 Å². The van der Waals surface area contributed by atoms with E-state index in [0.29, 0.717) is 5.71 Å². The van der Waals surface area contributed by atoms with Crippen molar-refractivity contribution in [3.63, 3.8) is 0 Å². The fourth-order valence-corrected chi connectivity index (χ4v) is 1.40. The van der Waals surface area contributed by atoms with E-state index < -0.39 is 32.1 Å². The van der Waals surface area contributed by atoms with Crippen molar-refractivity contribution in [3.8, 4) is 0 Å². The summed E-state index contributed by atoms with van der Waals surface area (Å²) in [5.41, 5.74) is 9.88. The standard InChI is InChI=1S/C5H10N2O.C4H9N3O2.C4H10N2O2S.C3H9N3O3S/c1-4(2)6-7-5(3)8;1-3(8)6-7-4(9)5-2;1-4(2)5-6-9(3,7)8;1-4-3(7)5-6-10(2,8)9/h1-3H3,(H,7,8);1-2H3,(H,6,8)(H2,5,7,9);6H,1-3H3;6H,1-2H3,(H2,4,5,7). The minimum atomic E-state index is -3.35. The number of hydrogen-bond donors (Lipinski definition) is 8. The molecule has 0 aliphatic carbocycles. The monoisotopic (exact) mass is 562 g/mol. The van der Waals surface area contributed by atoms with Crippen LogP contribution < -0.4 is 42.0 Å². The molecule has 0 rings (SSSR count). The summed E-state index contributed by atoms with van der Waals surface area (Å²) in [6, 6.07) is -1.05. The average Bonchev–Trinajstić information content (AvgIpc) is 2.73.